The second kappa shape index (κ2) is 8.51. The number of hydrogen-bond acceptors (Lipinski definition) is 3. The molecule has 3 nitrogen and oxygen atoms in total. The molecule has 3 aliphatic carbocycles. The van der Waals surface area contributed by atoms with Gasteiger partial charge in [-0.1, -0.05) is 31.6 Å². The summed E-state index contributed by atoms with van der Waals surface area (Å²) in [6.45, 7) is 2.13. The first-order valence-electron chi connectivity index (χ1n) is 11.9. The van der Waals surface area contributed by atoms with Crippen molar-refractivity contribution in [3.8, 4) is 5.75 Å². The molecule has 2 fully saturated rings. The van der Waals surface area contributed by atoms with Crippen LogP contribution in [-0.4, -0.2) is 28.3 Å². The number of aliphatic hydroxyl groups excluding tert-OH is 1. The number of unbranched alkanes of at least 4 members (excludes halogenated alkanes) is 2. The summed E-state index contributed by atoms with van der Waals surface area (Å²) in [6, 6.07) is 5.65. The lowest BCUT2D eigenvalue weighted by Gasteiger charge is -2.56. The van der Waals surface area contributed by atoms with Gasteiger partial charge in [-0.05, 0) is 91.9 Å². The average molecular weight is 451 g/mol. The fraction of sp³-hybridized carbons (Fsp3) is 0.654. The Morgan fingerprint density at radius 2 is 1.97 bits per heavy atom. The van der Waals surface area contributed by atoms with Gasteiger partial charge in [0.1, 0.15) is 17.6 Å². The smallest absolute Gasteiger partial charge is 0.414 e. The van der Waals surface area contributed by atoms with Crippen LogP contribution in [0.2, 0.25) is 0 Å². The van der Waals surface area contributed by atoms with Crippen LogP contribution >= 0.6 is 0 Å². The first-order valence-corrected chi connectivity index (χ1v) is 11.9. The number of fused-ring (bicyclic) bond motifs is 5. The molecule has 2 saturated carbocycles. The number of ketones is 1. The minimum absolute atomic E-state index is 0.130. The molecular weight excluding hydrogens is 417 g/mol. The molecule has 0 heterocycles. The van der Waals surface area contributed by atoms with E-state index in [1.807, 2.05) is 12.1 Å². The SMILES string of the molecule is C[C@]12CC[C@@H]3c4ccc(O)cc4CCC3(C=CCCCC[C@@H](O)C(F)(F)F)[C@@H]1CCC2=O. The topological polar surface area (TPSA) is 57.5 Å². The minimum atomic E-state index is -4.55. The van der Waals surface area contributed by atoms with E-state index in [4.69, 9.17) is 0 Å². The van der Waals surface area contributed by atoms with Crippen LogP contribution in [-0.2, 0) is 11.2 Å². The Balaban J connectivity index is 1.54. The lowest BCUT2D eigenvalue weighted by atomic mass is 9.47. The number of allylic oxidation sites excluding steroid dienone is 2. The van der Waals surface area contributed by atoms with E-state index in [1.165, 1.54) is 11.1 Å². The zero-order valence-electron chi connectivity index (χ0n) is 18.6. The number of Topliss-reactive ketones (excluding diaryl/α,β-unsaturated/α-hetero) is 1. The maximum atomic E-state index is 12.8. The first-order chi connectivity index (χ1) is 15.1. The Morgan fingerprint density at radius 1 is 1.19 bits per heavy atom. The highest BCUT2D eigenvalue weighted by molar-refractivity contribution is 5.87. The lowest BCUT2D eigenvalue weighted by molar-refractivity contribution is -0.205. The average Bonchev–Trinajstić information content (AvgIpc) is 3.04. The normalized spacial score (nSPS) is 33.1. The van der Waals surface area contributed by atoms with Crippen LogP contribution in [0, 0.1) is 16.7 Å². The molecule has 176 valence electrons. The third-order valence-electron chi connectivity index (χ3n) is 8.55. The number of hydrogen-bond donors (Lipinski definition) is 2. The predicted octanol–water partition coefficient (Wildman–Crippen LogP) is 6.23. The number of aryl methyl sites for hydroxylation is 1. The van der Waals surface area contributed by atoms with Gasteiger partial charge in [0.15, 0.2) is 0 Å². The van der Waals surface area contributed by atoms with Gasteiger partial charge >= 0.3 is 6.18 Å². The summed E-state index contributed by atoms with van der Waals surface area (Å²) in [5, 5.41) is 19.1. The highest BCUT2D eigenvalue weighted by Gasteiger charge is 2.61. The number of phenols is 1. The molecule has 0 amide bonds. The summed E-state index contributed by atoms with van der Waals surface area (Å²) in [5.41, 5.74) is 2.03. The maximum absolute atomic E-state index is 12.8. The van der Waals surface area contributed by atoms with Crippen molar-refractivity contribution in [3.63, 3.8) is 0 Å². The molecule has 0 bridgehead atoms. The van der Waals surface area contributed by atoms with E-state index < -0.39 is 12.3 Å². The second-order valence-electron chi connectivity index (χ2n) is 10.3. The van der Waals surface area contributed by atoms with Crippen LogP contribution in [0.15, 0.2) is 30.4 Å². The van der Waals surface area contributed by atoms with E-state index in [-0.39, 0.29) is 28.9 Å². The highest BCUT2D eigenvalue weighted by Crippen LogP contribution is 2.66. The molecule has 4 rings (SSSR count). The van der Waals surface area contributed by atoms with Crippen molar-refractivity contribution in [2.24, 2.45) is 16.7 Å². The number of aliphatic hydroxyl groups is 1. The molecular formula is C26H33F3O3. The van der Waals surface area contributed by atoms with Gasteiger partial charge < -0.3 is 10.2 Å². The molecule has 0 saturated heterocycles. The quantitative estimate of drug-likeness (QED) is 0.399. The monoisotopic (exact) mass is 450 g/mol. The standard InChI is InChI=1S/C26H33F3O3/c1-24-14-12-20-19-8-7-18(30)16-17(19)11-15-25(20,21(24)9-10-22(24)31)13-5-3-2-4-6-23(32)26(27,28)29/h5,7-8,13,16,20-21,23,30,32H,2-4,6,9-12,14-15H2,1H3/t20-,21-,23-,24+,25?/m1/s1. The number of benzene rings is 1. The van der Waals surface area contributed by atoms with Gasteiger partial charge in [0.2, 0.25) is 0 Å². The van der Waals surface area contributed by atoms with Crippen LogP contribution in [0.5, 0.6) is 5.75 Å². The van der Waals surface area contributed by atoms with Crippen molar-refractivity contribution in [1.29, 1.82) is 0 Å². The molecule has 1 aromatic rings. The van der Waals surface area contributed by atoms with Crippen molar-refractivity contribution < 1.29 is 28.2 Å². The zero-order chi connectivity index (χ0) is 23.1. The summed E-state index contributed by atoms with van der Waals surface area (Å²) in [6.07, 6.45) is 4.01. The van der Waals surface area contributed by atoms with Crippen LogP contribution in [0.1, 0.15) is 81.8 Å². The third-order valence-corrected chi connectivity index (χ3v) is 8.55. The van der Waals surface area contributed by atoms with Crippen molar-refractivity contribution in [2.45, 2.75) is 89.3 Å². The number of carbonyl (C=O) groups is 1. The van der Waals surface area contributed by atoms with Gasteiger partial charge in [0, 0.05) is 11.8 Å². The Hall–Kier alpha value is -1.82. The molecule has 32 heavy (non-hydrogen) atoms. The molecule has 6 heteroatoms. The minimum Gasteiger partial charge on any atom is -0.508 e. The van der Waals surface area contributed by atoms with Crippen molar-refractivity contribution >= 4 is 5.78 Å². The van der Waals surface area contributed by atoms with Gasteiger partial charge in [-0.2, -0.15) is 13.2 Å². The van der Waals surface area contributed by atoms with Crippen LogP contribution in [0.3, 0.4) is 0 Å². The van der Waals surface area contributed by atoms with Crippen molar-refractivity contribution in [2.75, 3.05) is 0 Å². The summed E-state index contributed by atoms with van der Waals surface area (Å²) in [7, 11) is 0. The van der Waals surface area contributed by atoms with E-state index in [0.29, 0.717) is 37.4 Å². The number of alkyl halides is 3. The van der Waals surface area contributed by atoms with Crippen molar-refractivity contribution in [3.05, 3.63) is 41.5 Å². The van der Waals surface area contributed by atoms with E-state index in [1.54, 1.807) is 6.07 Å². The Kier molecular flexibility index (Phi) is 6.21. The maximum Gasteiger partial charge on any atom is 0.414 e. The number of aromatic hydroxyl groups is 1. The summed E-state index contributed by atoms with van der Waals surface area (Å²) in [4.78, 5) is 12.8. The number of carbonyl (C=O) groups excluding carboxylic acids is 1. The number of phenolic OH excluding ortho intramolecular Hbond substituents is 1. The Labute approximate surface area is 187 Å². The van der Waals surface area contributed by atoms with Crippen LogP contribution in [0.4, 0.5) is 13.2 Å². The molecule has 5 atom stereocenters. The molecule has 0 aromatic heterocycles. The van der Waals surface area contributed by atoms with E-state index in [2.05, 4.69) is 19.1 Å². The first kappa shape index (κ1) is 23.3. The van der Waals surface area contributed by atoms with E-state index in [9.17, 15) is 28.2 Å². The number of halogens is 3. The van der Waals surface area contributed by atoms with Crippen LogP contribution < -0.4 is 0 Å². The number of rotatable bonds is 6. The molecule has 0 radical (unpaired) electrons. The Morgan fingerprint density at radius 3 is 2.72 bits per heavy atom. The van der Waals surface area contributed by atoms with Gasteiger partial charge in [0.25, 0.3) is 0 Å². The molecule has 1 aromatic carbocycles. The van der Waals surface area contributed by atoms with Gasteiger partial charge in [-0.15, -0.1) is 0 Å². The summed E-state index contributed by atoms with van der Waals surface area (Å²) < 4.78 is 37.5. The van der Waals surface area contributed by atoms with Gasteiger partial charge in [-0.3, -0.25) is 4.79 Å². The fourth-order valence-corrected chi connectivity index (χ4v) is 6.88. The zero-order valence-corrected chi connectivity index (χ0v) is 18.6. The third kappa shape index (κ3) is 4.00. The molecule has 0 aliphatic heterocycles. The van der Waals surface area contributed by atoms with Crippen molar-refractivity contribution in [1.82, 2.24) is 0 Å². The molecule has 1 unspecified atom stereocenters. The van der Waals surface area contributed by atoms with Gasteiger partial charge in [0.05, 0.1) is 0 Å². The molecule has 3 aliphatic rings. The summed E-state index contributed by atoms with van der Waals surface area (Å²) >= 11 is 0. The van der Waals surface area contributed by atoms with E-state index in [0.717, 1.165) is 32.1 Å². The van der Waals surface area contributed by atoms with Crippen LogP contribution in [0.25, 0.3) is 0 Å². The van der Waals surface area contributed by atoms with E-state index >= 15 is 0 Å². The summed E-state index contributed by atoms with van der Waals surface area (Å²) in [5.74, 6) is 1.21. The fourth-order valence-electron chi connectivity index (χ4n) is 6.88. The van der Waals surface area contributed by atoms with Gasteiger partial charge in [-0.25, -0.2) is 0 Å². The molecule has 0 spiro atoms. The Bertz CT molecular complexity index is 893. The second-order valence-corrected chi connectivity index (χ2v) is 10.3. The lowest BCUT2D eigenvalue weighted by Crippen LogP contribution is -2.49. The predicted molar refractivity (Wildman–Crippen MR) is 116 cm³/mol. The largest absolute Gasteiger partial charge is 0.508 e. The highest BCUT2D eigenvalue weighted by atomic mass is 19.4. The molecule has 2 N–H and O–H groups in total.